The van der Waals surface area contributed by atoms with Crippen molar-refractivity contribution >= 4 is 0 Å². The average molecular weight is 387 g/mol. The van der Waals surface area contributed by atoms with Crippen molar-refractivity contribution in [3.05, 3.63) is 54.7 Å². The van der Waals surface area contributed by atoms with Crippen molar-refractivity contribution in [2.24, 2.45) is 0 Å². The van der Waals surface area contributed by atoms with Crippen LogP contribution in [0, 0.1) is 0 Å². The second kappa shape index (κ2) is 7.71. The predicted octanol–water partition coefficient (Wildman–Crippen LogP) is 4.28. The zero-order chi connectivity index (χ0) is 19.6. The van der Waals surface area contributed by atoms with Crippen LogP contribution in [0.15, 0.2) is 48.9 Å². The lowest BCUT2D eigenvalue weighted by atomic mass is 9.97. The molecule has 1 atom stereocenters. The van der Waals surface area contributed by atoms with Crippen LogP contribution in [-0.2, 0) is 0 Å². The lowest BCUT2D eigenvalue weighted by Crippen LogP contribution is -2.40. The molecule has 1 saturated heterocycles. The Kier molecular flexibility index (Phi) is 5.13. The summed E-state index contributed by atoms with van der Waals surface area (Å²) in [5.41, 5.74) is 2.40. The van der Waals surface area contributed by atoms with E-state index in [1.165, 1.54) is 4.90 Å². The van der Waals surface area contributed by atoms with Crippen LogP contribution in [0.2, 0.25) is 0 Å². The van der Waals surface area contributed by atoms with Crippen LogP contribution in [0.3, 0.4) is 0 Å². The molecule has 1 fully saturated rings. The van der Waals surface area contributed by atoms with Gasteiger partial charge in [0.15, 0.2) is 5.82 Å². The molecule has 1 aliphatic heterocycles. The molecule has 0 amide bonds. The van der Waals surface area contributed by atoms with Crippen molar-refractivity contribution in [3.8, 4) is 22.6 Å². The molecule has 1 aromatic carbocycles. The Bertz CT molecular complexity index is 906. The molecule has 1 N–H and O–H groups in total. The molecular weight excluding hydrogens is 367 g/mol. The summed E-state index contributed by atoms with van der Waals surface area (Å²) in [4.78, 5) is 18.0. The van der Waals surface area contributed by atoms with Crippen LogP contribution in [0.5, 0.6) is 0 Å². The van der Waals surface area contributed by atoms with E-state index >= 15 is 0 Å². The van der Waals surface area contributed by atoms with Crippen LogP contribution in [-0.4, -0.2) is 50.6 Å². The molecule has 0 bridgehead atoms. The molecule has 1 aliphatic rings. The quantitative estimate of drug-likeness (QED) is 0.726. The van der Waals surface area contributed by atoms with Gasteiger partial charge in [-0.1, -0.05) is 30.3 Å². The summed E-state index contributed by atoms with van der Waals surface area (Å²) in [6, 6.07) is 9.68. The first-order valence-corrected chi connectivity index (χ1v) is 9.20. The first-order chi connectivity index (χ1) is 13.5. The van der Waals surface area contributed by atoms with Gasteiger partial charge >= 0.3 is 6.18 Å². The van der Waals surface area contributed by atoms with E-state index in [1.807, 2.05) is 30.3 Å². The molecule has 0 unspecified atom stereocenters. The van der Waals surface area contributed by atoms with Crippen LogP contribution < -0.4 is 0 Å². The molecule has 4 rings (SSSR count). The van der Waals surface area contributed by atoms with Gasteiger partial charge in [-0.25, -0.2) is 15.0 Å². The third-order valence-corrected chi connectivity index (χ3v) is 4.87. The summed E-state index contributed by atoms with van der Waals surface area (Å²) in [5.74, 6) is 1.32. The highest BCUT2D eigenvalue weighted by Crippen LogP contribution is 2.29. The Morgan fingerprint density at radius 1 is 1.07 bits per heavy atom. The average Bonchev–Trinajstić information content (AvgIpc) is 3.18. The van der Waals surface area contributed by atoms with E-state index in [1.54, 1.807) is 18.6 Å². The highest BCUT2D eigenvalue weighted by atomic mass is 19.4. The van der Waals surface area contributed by atoms with Crippen molar-refractivity contribution in [1.29, 1.82) is 0 Å². The molecule has 5 nitrogen and oxygen atoms in total. The van der Waals surface area contributed by atoms with Crippen LogP contribution in [0.1, 0.15) is 24.6 Å². The number of nitrogens with one attached hydrogen (secondary N) is 1. The second-order valence-electron chi connectivity index (χ2n) is 7.02. The fraction of sp³-hybridized carbons (Fsp3) is 0.350. The van der Waals surface area contributed by atoms with Gasteiger partial charge in [0.1, 0.15) is 5.82 Å². The maximum Gasteiger partial charge on any atom is 0.401 e. The van der Waals surface area contributed by atoms with E-state index in [2.05, 4.69) is 19.9 Å². The van der Waals surface area contributed by atoms with Crippen molar-refractivity contribution in [1.82, 2.24) is 24.8 Å². The van der Waals surface area contributed by atoms with Gasteiger partial charge in [-0.2, -0.15) is 13.2 Å². The van der Waals surface area contributed by atoms with Crippen LogP contribution in [0.4, 0.5) is 13.2 Å². The van der Waals surface area contributed by atoms with Crippen LogP contribution >= 0.6 is 0 Å². The number of benzene rings is 1. The molecule has 3 heterocycles. The number of aromatic amines is 1. The third kappa shape index (κ3) is 4.39. The van der Waals surface area contributed by atoms with E-state index in [9.17, 15) is 13.2 Å². The molecule has 3 aromatic rings. The standard InChI is InChI=1S/C20H20F3N5/c21-20(22,23)13-28-8-4-7-15(12-28)19-26-11-17(27-19)16-9-24-18(25-10-16)14-5-2-1-3-6-14/h1-3,5-6,9-11,15H,4,7-8,12-13H2,(H,26,27)/t15-/m0/s1. The van der Waals surface area contributed by atoms with Gasteiger partial charge in [-0.05, 0) is 19.4 Å². The largest absolute Gasteiger partial charge is 0.401 e. The lowest BCUT2D eigenvalue weighted by molar-refractivity contribution is -0.148. The number of hydrogen-bond donors (Lipinski definition) is 1. The van der Waals surface area contributed by atoms with E-state index in [0.29, 0.717) is 30.4 Å². The number of halogens is 3. The molecule has 0 radical (unpaired) electrons. The molecule has 8 heteroatoms. The van der Waals surface area contributed by atoms with Gasteiger partial charge in [0, 0.05) is 42.2 Å². The summed E-state index contributed by atoms with van der Waals surface area (Å²) in [5, 5.41) is 0. The van der Waals surface area contributed by atoms with Gasteiger partial charge in [0.25, 0.3) is 0 Å². The normalized spacial score (nSPS) is 18.3. The minimum Gasteiger partial charge on any atom is -0.348 e. The molecule has 0 aliphatic carbocycles. The summed E-state index contributed by atoms with van der Waals surface area (Å²) in [7, 11) is 0. The fourth-order valence-corrected chi connectivity index (χ4v) is 3.57. The molecule has 0 spiro atoms. The molecule has 2 aromatic heterocycles. The molecule has 146 valence electrons. The number of aromatic nitrogens is 4. The number of imidazole rings is 1. The maximum atomic E-state index is 12.7. The smallest absolute Gasteiger partial charge is 0.348 e. The minimum atomic E-state index is -4.17. The van der Waals surface area contributed by atoms with E-state index in [4.69, 9.17) is 0 Å². The zero-order valence-corrected chi connectivity index (χ0v) is 15.2. The number of piperidine rings is 1. The Morgan fingerprint density at radius 3 is 2.54 bits per heavy atom. The Hall–Kier alpha value is -2.74. The monoisotopic (exact) mass is 387 g/mol. The summed E-state index contributed by atoms with van der Waals surface area (Å²) >= 11 is 0. The second-order valence-corrected chi connectivity index (χ2v) is 7.02. The fourth-order valence-electron chi connectivity index (χ4n) is 3.57. The summed E-state index contributed by atoms with van der Waals surface area (Å²) in [6.07, 6.45) is 2.57. The number of rotatable bonds is 4. The first kappa shape index (κ1) is 18.6. The number of nitrogens with zero attached hydrogens (tertiary/aromatic N) is 4. The Labute approximate surface area is 160 Å². The topological polar surface area (TPSA) is 57.7 Å². The summed E-state index contributed by atoms with van der Waals surface area (Å²) in [6.45, 7) is -0.0415. The van der Waals surface area contributed by atoms with Crippen molar-refractivity contribution in [3.63, 3.8) is 0 Å². The SMILES string of the molecule is FC(F)(F)CN1CCC[C@H](c2nc(-c3cnc(-c4ccccc4)nc3)c[nH]2)C1. The van der Waals surface area contributed by atoms with Crippen molar-refractivity contribution in [2.75, 3.05) is 19.6 Å². The number of hydrogen-bond acceptors (Lipinski definition) is 4. The molecular formula is C20H20F3N5. The van der Waals surface area contributed by atoms with Gasteiger partial charge in [-0.3, -0.25) is 4.90 Å². The number of H-pyrrole nitrogens is 1. The molecule has 28 heavy (non-hydrogen) atoms. The maximum absolute atomic E-state index is 12.7. The lowest BCUT2D eigenvalue weighted by Gasteiger charge is -2.32. The van der Waals surface area contributed by atoms with Crippen molar-refractivity contribution < 1.29 is 13.2 Å². The van der Waals surface area contributed by atoms with E-state index in [0.717, 1.165) is 24.0 Å². The van der Waals surface area contributed by atoms with Crippen molar-refractivity contribution in [2.45, 2.75) is 24.9 Å². The number of alkyl halides is 3. The van der Waals surface area contributed by atoms with Gasteiger partial charge in [-0.15, -0.1) is 0 Å². The third-order valence-electron chi connectivity index (χ3n) is 4.87. The Morgan fingerprint density at radius 2 is 1.82 bits per heavy atom. The zero-order valence-electron chi connectivity index (χ0n) is 15.2. The van der Waals surface area contributed by atoms with Gasteiger partial charge < -0.3 is 4.98 Å². The van der Waals surface area contributed by atoms with Gasteiger partial charge in [0.05, 0.1) is 12.2 Å². The summed E-state index contributed by atoms with van der Waals surface area (Å²) < 4.78 is 38.0. The Balaban J connectivity index is 1.47. The first-order valence-electron chi connectivity index (χ1n) is 9.20. The highest BCUT2D eigenvalue weighted by molar-refractivity contribution is 5.60. The van der Waals surface area contributed by atoms with Gasteiger partial charge in [0.2, 0.25) is 0 Å². The number of likely N-dealkylation sites (tertiary alicyclic amines) is 1. The highest BCUT2D eigenvalue weighted by Gasteiger charge is 2.33. The van der Waals surface area contributed by atoms with E-state index in [-0.39, 0.29) is 5.92 Å². The van der Waals surface area contributed by atoms with E-state index < -0.39 is 12.7 Å². The minimum absolute atomic E-state index is 0.0330. The van der Waals surface area contributed by atoms with Crippen LogP contribution in [0.25, 0.3) is 22.6 Å². The molecule has 0 saturated carbocycles. The predicted molar refractivity (Wildman–Crippen MR) is 99.5 cm³/mol.